The Labute approximate surface area is 122 Å². The first-order chi connectivity index (χ1) is 10.1. The van der Waals surface area contributed by atoms with Crippen molar-refractivity contribution in [3.05, 3.63) is 12.2 Å². The molecule has 3 heterocycles. The number of hydrogen-bond acceptors (Lipinski definition) is 5. The second-order valence-corrected chi connectivity index (χ2v) is 5.59. The van der Waals surface area contributed by atoms with Crippen LogP contribution < -0.4 is 0 Å². The lowest BCUT2D eigenvalue weighted by atomic mass is 9.97. The van der Waals surface area contributed by atoms with Crippen molar-refractivity contribution in [2.24, 2.45) is 0 Å². The molecule has 8 nitrogen and oxygen atoms in total. The molecule has 3 amide bonds. The zero-order valence-electron chi connectivity index (χ0n) is 12.1. The molecule has 2 aliphatic rings. The Bertz CT molecular complexity index is 518. The van der Waals surface area contributed by atoms with Gasteiger partial charge in [-0.2, -0.15) is 4.98 Å². The Balaban J connectivity index is 1.58. The molecular weight excluding hydrogens is 274 g/mol. The van der Waals surface area contributed by atoms with Gasteiger partial charge in [0, 0.05) is 39.1 Å². The van der Waals surface area contributed by atoms with Crippen molar-refractivity contribution in [2.75, 3.05) is 39.8 Å². The lowest BCUT2D eigenvalue weighted by molar-refractivity contribution is -0.132. The van der Waals surface area contributed by atoms with E-state index in [9.17, 15) is 9.59 Å². The number of likely N-dealkylation sites (N-methyl/N-ethyl adjacent to an activating group) is 1. The minimum Gasteiger partial charge on any atom is -0.343 e. The summed E-state index contributed by atoms with van der Waals surface area (Å²) in [5.41, 5.74) is 0. The van der Waals surface area contributed by atoms with E-state index in [0.29, 0.717) is 25.5 Å². The minimum atomic E-state index is -0.0740. The van der Waals surface area contributed by atoms with Crippen LogP contribution in [-0.4, -0.2) is 76.6 Å². The smallest absolute Gasteiger partial charge is 0.320 e. The highest BCUT2D eigenvalue weighted by Crippen LogP contribution is 2.24. The van der Waals surface area contributed by atoms with Gasteiger partial charge in [0.05, 0.1) is 0 Å². The fraction of sp³-hybridized carbons (Fsp3) is 0.692. The number of amides is 3. The van der Waals surface area contributed by atoms with Crippen LogP contribution in [-0.2, 0) is 4.79 Å². The van der Waals surface area contributed by atoms with Crippen molar-refractivity contribution in [3.63, 3.8) is 0 Å². The SMILES string of the molecule is CN1CCN(CC(=O)N2CCC[C@@H](c3ncon3)C2)C1=O. The third-order valence-electron chi connectivity index (χ3n) is 4.15. The van der Waals surface area contributed by atoms with Gasteiger partial charge < -0.3 is 19.2 Å². The fourth-order valence-corrected chi connectivity index (χ4v) is 2.89. The van der Waals surface area contributed by atoms with Crippen molar-refractivity contribution in [1.29, 1.82) is 0 Å². The van der Waals surface area contributed by atoms with E-state index in [4.69, 9.17) is 4.52 Å². The van der Waals surface area contributed by atoms with E-state index in [1.807, 2.05) is 0 Å². The number of carbonyl (C=O) groups is 2. The molecule has 1 aromatic heterocycles. The van der Waals surface area contributed by atoms with Crippen LogP contribution in [0.15, 0.2) is 10.9 Å². The number of piperidine rings is 1. The molecule has 1 aromatic rings. The van der Waals surface area contributed by atoms with Crippen LogP contribution in [0.1, 0.15) is 24.6 Å². The van der Waals surface area contributed by atoms with Gasteiger partial charge in [0.15, 0.2) is 5.82 Å². The third-order valence-corrected chi connectivity index (χ3v) is 4.15. The first-order valence-corrected chi connectivity index (χ1v) is 7.19. The Morgan fingerprint density at radius 1 is 1.43 bits per heavy atom. The normalized spacial score (nSPS) is 23.0. The van der Waals surface area contributed by atoms with E-state index in [1.54, 1.807) is 21.7 Å². The summed E-state index contributed by atoms with van der Waals surface area (Å²) in [7, 11) is 1.75. The maximum absolute atomic E-state index is 12.4. The van der Waals surface area contributed by atoms with Gasteiger partial charge in [0.2, 0.25) is 12.3 Å². The summed E-state index contributed by atoms with van der Waals surface area (Å²) in [5.74, 6) is 0.773. The summed E-state index contributed by atoms with van der Waals surface area (Å²) < 4.78 is 4.77. The summed E-state index contributed by atoms with van der Waals surface area (Å²) in [6.07, 6.45) is 3.18. The number of hydrogen-bond donors (Lipinski definition) is 0. The largest absolute Gasteiger partial charge is 0.343 e. The van der Waals surface area contributed by atoms with E-state index in [2.05, 4.69) is 10.1 Å². The predicted octanol–water partition coefficient (Wildman–Crippen LogP) is 0.143. The molecule has 0 saturated carbocycles. The number of aromatic nitrogens is 2. The Hall–Kier alpha value is -2.12. The molecule has 0 unspecified atom stereocenters. The summed E-state index contributed by atoms with van der Waals surface area (Å²) in [4.78, 5) is 33.3. The van der Waals surface area contributed by atoms with Gasteiger partial charge >= 0.3 is 6.03 Å². The van der Waals surface area contributed by atoms with Gasteiger partial charge in [-0.25, -0.2) is 4.79 Å². The molecule has 2 saturated heterocycles. The molecular formula is C13H19N5O3. The molecule has 1 atom stereocenters. The van der Waals surface area contributed by atoms with Crippen molar-refractivity contribution >= 4 is 11.9 Å². The Morgan fingerprint density at radius 2 is 2.29 bits per heavy atom. The summed E-state index contributed by atoms with van der Waals surface area (Å²) in [6.45, 7) is 2.77. The monoisotopic (exact) mass is 293 g/mol. The van der Waals surface area contributed by atoms with Crippen LogP contribution in [0.3, 0.4) is 0 Å². The third kappa shape index (κ3) is 2.84. The number of urea groups is 1. The lowest BCUT2D eigenvalue weighted by Gasteiger charge is -2.32. The minimum absolute atomic E-state index is 0.00755. The zero-order valence-corrected chi connectivity index (χ0v) is 12.1. The van der Waals surface area contributed by atoms with Gasteiger partial charge in [0.1, 0.15) is 6.54 Å². The zero-order chi connectivity index (χ0) is 14.8. The summed E-state index contributed by atoms with van der Waals surface area (Å²) >= 11 is 0. The van der Waals surface area contributed by atoms with Gasteiger partial charge in [0.25, 0.3) is 0 Å². The molecule has 0 spiro atoms. The van der Waals surface area contributed by atoms with Crippen molar-refractivity contribution < 1.29 is 14.1 Å². The summed E-state index contributed by atoms with van der Waals surface area (Å²) in [5, 5.41) is 3.86. The second kappa shape index (κ2) is 5.71. The average molecular weight is 293 g/mol. The van der Waals surface area contributed by atoms with Crippen LogP contribution >= 0.6 is 0 Å². The number of likely N-dealkylation sites (tertiary alicyclic amines) is 1. The first kappa shape index (κ1) is 13.8. The molecule has 114 valence electrons. The van der Waals surface area contributed by atoms with Crippen molar-refractivity contribution in [1.82, 2.24) is 24.8 Å². The van der Waals surface area contributed by atoms with Crippen molar-refractivity contribution in [2.45, 2.75) is 18.8 Å². The van der Waals surface area contributed by atoms with Gasteiger partial charge in [-0.3, -0.25) is 4.79 Å². The highest BCUT2D eigenvalue weighted by Gasteiger charge is 2.31. The molecule has 2 fully saturated rings. The molecule has 2 aliphatic heterocycles. The van der Waals surface area contributed by atoms with Gasteiger partial charge in [-0.1, -0.05) is 5.16 Å². The van der Waals surface area contributed by atoms with E-state index in [-0.39, 0.29) is 24.4 Å². The first-order valence-electron chi connectivity index (χ1n) is 7.19. The van der Waals surface area contributed by atoms with Crippen molar-refractivity contribution in [3.8, 4) is 0 Å². The maximum atomic E-state index is 12.4. The van der Waals surface area contributed by atoms with Crippen LogP contribution in [0, 0.1) is 0 Å². The predicted molar refractivity (Wildman–Crippen MR) is 72.5 cm³/mol. The number of carbonyl (C=O) groups excluding carboxylic acids is 2. The maximum Gasteiger partial charge on any atom is 0.320 e. The van der Waals surface area contributed by atoms with Crippen LogP contribution in [0.25, 0.3) is 0 Å². The van der Waals surface area contributed by atoms with E-state index >= 15 is 0 Å². The van der Waals surface area contributed by atoms with Gasteiger partial charge in [-0.15, -0.1) is 0 Å². The number of nitrogens with zero attached hydrogens (tertiary/aromatic N) is 5. The molecule has 0 aromatic carbocycles. The standard InChI is InChI=1S/C13H19N5O3/c1-16-5-6-18(13(16)20)8-11(19)17-4-2-3-10(7-17)12-14-9-21-15-12/h9-10H,2-8H2,1H3/t10-/m1/s1. The number of rotatable bonds is 3. The molecule has 0 aliphatic carbocycles. The summed E-state index contributed by atoms with van der Waals surface area (Å²) in [6, 6.07) is -0.0740. The lowest BCUT2D eigenvalue weighted by Crippen LogP contribution is -2.45. The van der Waals surface area contributed by atoms with Gasteiger partial charge in [-0.05, 0) is 12.8 Å². The molecule has 0 N–H and O–H groups in total. The highest BCUT2D eigenvalue weighted by atomic mass is 16.5. The molecule has 0 bridgehead atoms. The van der Waals surface area contributed by atoms with E-state index < -0.39 is 0 Å². The van der Waals surface area contributed by atoms with Crippen LogP contribution in [0.5, 0.6) is 0 Å². The van der Waals surface area contributed by atoms with E-state index in [1.165, 1.54) is 6.39 Å². The van der Waals surface area contributed by atoms with Crippen LogP contribution in [0.4, 0.5) is 4.79 Å². The molecule has 21 heavy (non-hydrogen) atoms. The highest BCUT2D eigenvalue weighted by molar-refractivity contribution is 5.85. The topological polar surface area (TPSA) is 82.8 Å². The van der Waals surface area contributed by atoms with E-state index in [0.717, 1.165) is 19.4 Å². The quantitative estimate of drug-likeness (QED) is 0.792. The fourth-order valence-electron chi connectivity index (χ4n) is 2.89. The molecule has 3 rings (SSSR count). The van der Waals surface area contributed by atoms with Crippen LogP contribution in [0.2, 0.25) is 0 Å². The Kier molecular flexibility index (Phi) is 3.76. The molecule has 0 radical (unpaired) electrons. The molecule has 8 heteroatoms. The average Bonchev–Trinajstić information content (AvgIpc) is 3.13. The second-order valence-electron chi connectivity index (χ2n) is 5.59. The Morgan fingerprint density at radius 3 is 2.95 bits per heavy atom.